The Bertz CT molecular complexity index is 1830. The van der Waals surface area contributed by atoms with Crippen LogP contribution < -0.4 is 15.8 Å². The molecule has 10 nitrogen and oxygen atoms in total. The van der Waals surface area contributed by atoms with E-state index in [0.717, 1.165) is 31.5 Å². The minimum absolute atomic E-state index is 0.0476. The Morgan fingerprint density at radius 3 is 2.77 bits per heavy atom. The summed E-state index contributed by atoms with van der Waals surface area (Å²) in [5.41, 5.74) is 6.65. The van der Waals surface area contributed by atoms with E-state index in [1.54, 1.807) is 15.7 Å². The van der Waals surface area contributed by atoms with Gasteiger partial charge in [0.15, 0.2) is 17.2 Å². The van der Waals surface area contributed by atoms with Gasteiger partial charge in [0.25, 0.3) is 5.91 Å². The van der Waals surface area contributed by atoms with Crippen molar-refractivity contribution in [3.05, 3.63) is 71.8 Å². The number of ether oxygens (including phenoxy) is 1. The Labute approximate surface area is 250 Å². The van der Waals surface area contributed by atoms with E-state index in [0.29, 0.717) is 30.4 Å². The van der Waals surface area contributed by atoms with Crippen molar-refractivity contribution in [2.24, 2.45) is 0 Å². The number of anilines is 1. The van der Waals surface area contributed by atoms with Crippen LogP contribution in [0.15, 0.2) is 54.4 Å². The van der Waals surface area contributed by atoms with Crippen LogP contribution in [-0.2, 0) is 4.79 Å². The maximum absolute atomic E-state index is 15.5. The van der Waals surface area contributed by atoms with E-state index in [4.69, 9.17) is 15.6 Å². The summed E-state index contributed by atoms with van der Waals surface area (Å²) in [6, 6.07) is 9.07. The standard InChI is InChI=1S/C31H29F3N8O2/c1-2-39-31(10-11-31)14-18(15-35)30(43)41-12-4-5-19(16-41)42-29-25(28(36)37-17-38-29)27(40-42)21-9-8-20(13-23(21)33)44-24-7-3-6-22(32)26(24)34/h3,6-9,13-14,17,19,39H,2,4-5,10-12,16H2,1H3,(H2,36,37,38). The topological polar surface area (TPSA) is 135 Å². The number of carbonyl (C=O) groups is 1. The van der Waals surface area contributed by atoms with Gasteiger partial charge in [-0.3, -0.25) is 4.79 Å². The van der Waals surface area contributed by atoms with Gasteiger partial charge in [-0.2, -0.15) is 14.8 Å². The van der Waals surface area contributed by atoms with Crippen LogP contribution in [-0.4, -0.2) is 55.7 Å². The first-order valence-electron chi connectivity index (χ1n) is 14.3. The number of piperidine rings is 1. The third-order valence-electron chi connectivity index (χ3n) is 7.98. The first kappa shape index (κ1) is 29.1. The van der Waals surface area contributed by atoms with Gasteiger partial charge in [0.1, 0.15) is 41.0 Å². The van der Waals surface area contributed by atoms with Crippen molar-refractivity contribution in [1.82, 2.24) is 30.0 Å². The van der Waals surface area contributed by atoms with Crippen LogP contribution in [0, 0.1) is 28.8 Å². The van der Waals surface area contributed by atoms with Gasteiger partial charge >= 0.3 is 0 Å². The van der Waals surface area contributed by atoms with E-state index < -0.39 is 17.5 Å². The predicted octanol–water partition coefficient (Wildman–Crippen LogP) is 5.04. The number of nitrogens with zero attached hydrogens (tertiary/aromatic N) is 6. The second kappa shape index (κ2) is 11.6. The highest BCUT2D eigenvalue weighted by molar-refractivity contribution is 5.99. The lowest BCUT2D eigenvalue weighted by molar-refractivity contribution is -0.128. The number of rotatable bonds is 8. The van der Waals surface area contributed by atoms with Gasteiger partial charge in [-0.15, -0.1) is 0 Å². The Kier molecular flexibility index (Phi) is 7.69. The van der Waals surface area contributed by atoms with Gasteiger partial charge in [-0.05, 0) is 62.6 Å². The van der Waals surface area contributed by atoms with E-state index in [-0.39, 0.29) is 58.2 Å². The zero-order valence-corrected chi connectivity index (χ0v) is 23.9. The molecular weight excluding hydrogens is 573 g/mol. The van der Waals surface area contributed by atoms with Crippen molar-refractivity contribution >= 4 is 22.8 Å². The fourth-order valence-corrected chi connectivity index (χ4v) is 5.67. The Hall–Kier alpha value is -4.96. The quantitative estimate of drug-likeness (QED) is 0.212. The van der Waals surface area contributed by atoms with Crippen molar-refractivity contribution < 1.29 is 22.7 Å². The summed E-state index contributed by atoms with van der Waals surface area (Å²) in [4.78, 5) is 23.5. The number of likely N-dealkylation sites (tertiary alicyclic amines) is 1. The molecule has 3 N–H and O–H groups in total. The molecule has 4 aromatic rings. The van der Waals surface area contributed by atoms with Gasteiger partial charge in [0, 0.05) is 30.3 Å². The maximum atomic E-state index is 15.5. The summed E-state index contributed by atoms with van der Waals surface area (Å²) in [6.45, 7) is 3.46. The lowest BCUT2D eigenvalue weighted by Crippen LogP contribution is -2.42. The van der Waals surface area contributed by atoms with Crippen LogP contribution in [0.3, 0.4) is 0 Å². The van der Waals surface area contributed by atoms with E-state index in [1.807, 2.05) is 6.92 Å². The molecule has 0 radical (unpaired) electrons. The monoisotopic (exact) mass is 602 g/mol. The number of nitrogens with one attached hydrogen (secondary N) is 1. The molecule has 1 unspecified atom stereocenters. The molecule has 44 heavy (non-hydrogen) atoms. The summed E-state index contributed by atoms with van der Waals surface area (Å²) < 4.78 is 50.3. The molecular formula is C31H29F3N8O2. The number of hydrogen-bond acceptors (Lipinski definition) is 8. The number of amides is 1. The van der Waals surface area contributed by atoms with Crippen molar-refractivity contribution in [3.8, 4) is 28.8 Å². The summed E-state index contributed by atoms with van der Waals surface area (Å²) in [5.74, 6) is -3.70. The number of nitrogen functional groups attached to an aromatic ring is 1. The third-order valence-corrected chi connectivity index (χ3v) is 7.98. The Morgan fingerprint density at radius 2 is 2.05 bits per heavy atom. The zero-order chi connectivity index (χ0) is 31.0. The molecule has 2 fully saturated rings. The molecule has 1 saturated heterocycles. The van der Waals surface area contributed by atoms with Gasteiger partial charge in [0.2, 0.25) is 5.82 Å². The number of hydrogen-bond donors (Lipinski definition) is 2. The molecule has 6 rings (SSSR count). The maximum Gasteiger partial charge on any atom is 0.264 e. The van der Waals surface area contributed by atoms with E-state index in [2.05, 4.69) is 21.4 Å². The molecule has 1 aliphatic heterocycles. The van der Waals surface area contributed by atoms with Crippen molar-refractivity contribution in [2.75, 3.05) is 25.4 Å². The summed E-state index contributed by atoms with van der Waals surface area (Å²) >= 11 is 0. The first-order chi connectivity index (χ1) is 21.2. The van der Waals surface area contributed by atoms with E-state index >= 15 is 4.39 Å². The minimum Gasteiger partial charge on any atom is -0.454 e. The number of nitrogens with two attached hydrogens (primary N) is 1. The fraction of sp³-hybridized carbons (Fsp3) is 0.323. The largest absolute Gasteiger partial charge is 0.454 e. The summed E-state index contributed by atoms with van der Waals surface area (Å²) in [7, 11) is 0. The lowest BCUT2D eigenvalue weighted by atomic mass is 10.0. The number of likely N-dealkylation sites (N-methyl/N-ethyl adjacent to an activating group) is 1. The van der Waals surface area contributed by atoms with Crippen LogP contribution in [0.25, 0.3) is 22.3 Å². The van der Waals surface area contributed by atoms with Gasteiger partial charge in [-0.1, -0.05) is 13.0 Å². The second-order valence-corrected chi connectivity index (χ2v) is 10.9. The minimum atomic E-state index is -1.19. The fourth-order valence-electron chi connectivity index (χ4n) is 5.67. The van der Waals surface area contributed by atoms with Crippen LogP contribution in [0.1, 0.15) is 38.6 Å². The zero-order valence-electron chi connectivity index (χ0n) is 23.9. The molecule has 0 spiro atoms. The SMILES string of the molecule is CCNC1(C=C(C#N)C(=O)N2CCCC(n3nc(-c4ccc(Oc5cccc(F)c5F)cc4F)c4c(N)ncnc43)C2)CC1. The molecule has 226 valence electrons. The molecule has 1 aliphatic carbocycles. The third kappa shape index (κ3) is 5.44. The highest BCUT2D eigenvalue weighted by Crippen LogP contribution is 2.39. The molecule has 2 aromatic carbocycles. The Morgan fingerprint density at radius 1 is 1.23 bits per heavy atom. The summed E-state index contributed by atoms with van der Waals surface area (Å²) in [6.07, 6.45) is 6.09. The Balaban J connectivity index is 1.31. The molecule has 0 bridgehead atoms. The highest BCUT2D eigenvalue weighted by Gasteiger charge is 2.41. The second-order valence-electron chi connectivity index (χ2n) is 10.9. The summed E-state index contributed by atoms with van der Waals surface area (Å²) in [5, 5.41) is 18.2. The van der Waals surface area contributed by atoms with Gasteiger partial charge < -0.3 is 20.7 Å². The highest BCUT2D eigenvalue weighted by atomic mass is 19.2. The van der Waals surface area contributed by atoms with Crippen LogP contribution >= 0.6 is 0 Å². The number of fused-ring (bicyclic) bond motifs is 1. The molecule has 1 amide bonds. The normalized spacial score (nSPS) is 17.8. The van der Waals surface area contributed by atoms with E-state index in [1.165, 1.54) is 30.6 Å². The smallest absolute Gasteiger partial charge is 0.264 e. The predicted molar refractivity (Wildman–Crippen MR) is 156 cm³/mol. The molecule has 2 aromatic heterocycles. The van der Waals surface area contributed by atoms with Crippen LogP contribution in [0.5, 0.6) is 11.5 Å². The molecule has 13 heteroatoms. The lowest BCUT2D eigenvalue weighted by Gasteiger charge is -2.33. The van der Waals surface area contributed by atoms with Crippen molar-refractivity contribution in [2.45, 2.75) is 44.2 Å². The first-order valence-corrected chi connectivity index (χ1v) is 14.3. The molecule has 1 atom stereocenters. The number of nitriles is 1. The number of aromatic nitrogens is 4. The average molecular weight is 603 g/mol. The number of carbonyl (C=O) groups excluding carboxylic acids is 1. The molecule has 3 heterocycles. The number of benzene rings is 2. The molecule has 2 aliphatic rings. The van der Waals surface area contributed by atoms with E-state index in [9.17, 15) is 18.8 Å². The average Bonchev–Trinajstić information content (AvgIpc) is 3.67. The van der Waals surface area contributed by atoms with Gasteiger partial charge in [0.05, 0.1) is 11.4 Å². The number of halogens is 3. The van der Waals surface area contributed by atoms with Crippen LogP contribution in [0.4, 0.5) is 19.0 Å². The van der Waals surface area contributed by atoms with Gasteiger partial charge in [-0.25, -0.2) is 23.4 Å². The van der Waals surface area contributed by atoms with Crippen LogP contribution in [0.2, 0.25) is 0 Å². The van der Waals surface area contributed by atoms with Crippen molar-refractivity contribution in [3.63, 3.8) is 0 Å². The molecule has 1 saturated carbocycles. The van der Waals surface area contributed by atoms with Crippen molar-refractivity contribution in [1.29, 1.82) is 5.26 Å².